The molecule has 3 rings (SSSR count). The van der Waals surface area contributed by atoms with Gasteiger partial charge in [0.15, 0.2) is 0 Å². The minimum atomic E-state index is 0.635. The number of benzene rings is 1. The minimum absolute atomic E-state index is 0.635. The maximum atomic E-state index is 3.73. The Bertz CT molecular complexity index is 371. The molecule has 0 spiro atoms. The van der Waals surface area contributed by atoms with Gasteiger partial charge in [0.05, 0.1) is 0 Å². The SMILES string of the molecule is CC(Nc1ccccc1SC1CCCC1)C1CC1. The molecule has 0 radical (unpaired) electrons. The van der Waals surface area contributed by atoms with E-state index in [-0.39, 0.29) is 0 Å². The summed E-state index contributed by atoms with van der Waals surface area (Å²) < 4.78 is 0. The third-order valence-electron chi connectivity index (χ3n) is 4.20. The van der Waals surface area contributed by atoms with E-state index in [9.17, 15) is 0 Å². The normalized spacial score (nSPS) is 22.1. The smallest absolute Gasteiger partial charge is 0.0480 e. The maximum absolute atomic E-state index is 3.73. The van der Waals surface area contributed by atoms with Crippen molar-refractivity contribution in [1.82, 2.24) is 0 Å². The Hall–Kier alpha value is -0.630. The highest BCUT2D eigenvalue weighted by atomic mass is 32.2. The summed E-state index contributed by atoms with van der Waals surface area (Å²) in [6.07, 6.45) is 8.46. The summed E-state index contributed by atoms with van der Waals surface area (Å²) in [5, 5.41) is 4.58. The fourth-order valence-corrected chi connectivity index (χ4v) is 4.17. The van der Waals surface area contributed by atoms with Gasteiger partial charge in [-0.25, -0.2) is 0 Å². The fraction of sp³-hybridized carbons (Fsp3) is 0.625. The highest BCUT2D eigenvalue weighted by molar-refractivity contribution is 8.00. The van der Waals surface area contributed by atoms with Crippen LogP contribution in [-0.2, 0) is 0 Å². The van der Waals surface area contributed by atoms with Gasteiger partial charge in [0, 0.05) is 21.9 Å². The van der Waals surface area contributed by atoms with E-state index in [1.54, 1.807) is 0 Å². The van der Waals surface area contributed by atoms with Crippen LogP contribution in [0.3, 0.4) is 0 Å². The summed E-state index contributed by atoms with van der Waals surface area (Å²) in [6.45, 7) is 2.33. The summed E-state index contributed by atoms with van der Waals surface area (Å²) >= 11 is 2.09. The number of para-hydroxylation sites is 1. The molecule has 2 aliphatic rings. The molecule has 0 heterocycles. The van der Waals surface area contributed by atoms with Crippen LogP contribution >= 0.6 is 11.8 Å². The first-order valence-corrected chi connectivity index (χ1v) is 8.23. The number of thioether (sulfide) groups is 1. The standard InChI is InChI=1S/C16H23NS/c1-12(13-10-11-13)17-15-8-4-5-9-16(15)18-14-6-2-3-7-14/h4-5,8-9,12-14,17H,2-3,6-7,10-11H2,1H3. The quantitative estimate of drug-likeness (QED) is 0.806. The zero-order valence-corrected chi connectivity index (χ0v) is 12.0. The first-order valence-electron chi connectivity index (χ1n) is 7.35. The molecule has 1 atom stereocenters. The molecular weight excluding hydrogens is 238 g/mol. The lowest BCUT2D eigenvalue weighted by atomic mass is 10.2. The van der Waals surface area contributed by atoms with Crippen molar-refractivity contribution in [3.63, 3.8) is 0 Å². The van der Waals surface area contributed by atoms with Crippen LogP contribution in [0, 0.1) is 5.92 Å². The number of rotatable bonds is 5. The van der Waals surface area contributed by atoms with Crippen LogP contribution < -0.4 is 5.32 Å². The van der Waals surface area contributed by atoms with Gasteiger partial charge in [-0.2, -0.15) is 0 Å². The van der Waals surface area contributed by atoms with Crippen molar-refractivity contribution >= 4 is 17.4 Å². The molecule has 1 N–H and O–H groups in total. The van der Waals surface area contributed by atoms with Gasteiger partial charge in [0.1, 0.15) is 0 Å². The van der Waals surface area contributed by atoms with Crippen molar-refractivity contribution in [2.24, 2.45) is 5.92 Å². The van der Waals surface area contributed by atoms with Gasteiger partial charge < -0.3 is 5.32 Å². The molecule has 2 heteroatoms. The van der Waals surface area contributed by atoms with E-state index in [4.69, 9.17) is 0 Å². The van der Waals surface area contributed by atoms with Gasteiger partial charge in [-0.3, -0.25) is 0 Å². The van der Waals surface area contributed by atoms with E-state index < -0.39 is 0 Å². The molecule has 18 heavy (non-hydrogen) atoms. The Morgan fingerprint density at radius 1 is 1.11 bits per heavy atom. The Balaban J connectivity index is 1.67. The lowest BCUT2D eigenvalue weighted by Gasteiger charge is -2.19. The molecule has 1 nitrogen and oxygen atoms in total. The average molecular weight is 261 g/mol. The molecule has 2 saturated carbocycles. The molecular formula is C16H23NS. The summed E-state index contributed by atoms with van der Waals surface area (Å²) in [6, 6.07) is 9.49. The van der Waals surface area contributed by atoms with Crippen molar-refractivity contribution in [3.8, 4) is 0 Å². The van der Waals surface area contributed by atoms with E-state index in [1.165, 1.54) is 49.1 Å². The second kappa shape index (κ2) is 5.56. The molecule has 0 aliphatic heterocycles. The molecule has 2 aliphatic carbocycles. The summed E-state index contributed by atoms with van der Waals surface area (Å²) in [4.78, 5) is 1.46. The first kappa shape index (κ1) is 12.4. The zero-order chi connectivity index (χ0) is 12.4. The van der Waals surface area contributed by atoms with Gasteiger partial charge in [-0.1, -0.05) is 25.0 Å². The predicted octanol–water partition coefficient (Wildman–Crippen LogP) is 4.93. The van der Waals surface area contributed by atoms with Gasteiger partial charge in [0.25, 0.3) is 0 Å². The van der Waals surface area contributed by atoms with Crippen molar-refractivity contribution in [2.45, 2.75) is 61.6 Å². The maximum Gasteiger partial charge on any atom is 0.0480 e. The van der Waals surface area contributed by atoms with Gasteiger partial charge >= 0.3 is 0 Å². The Kier molecular flexibility index (Phi) is 3.83. The van der Waals surface area contributed by atoms with Crippen LogP contribution in [0.2, 0.25) is 0 Å². The highest BCUT2D eigenvalue weighted by Crippen LogP contribution is 2.40. The lowest BCUT2D eigenvalue weighted by molar-refractivity contribution is 0.692. The Labute approximate surface area is 115 Å². The lowest BCUT2D eigenvalue weighted by Crippen LogP contribution is -2.17. The third-order valence-corrected chi connectivity index (χ3v) is 5.61. The molecule has 1 aromatic rings. The van der Waals surface area contributed by atoms with Crippen LogP contribution in [0.4, 0.5) is 5.69 Å². The summed E-state index contributed by atoms with van der Waals surface area (Å²) in [5.41, 5.74) is 1.36. The highest BCUT2D eigenvalue weighted by Gasteiger charge is 2.28. The van der Waals surface area contributed by atoms with Crippen LogP contribution in [0.25, 0.3) is 0 Å². The van der Waals surface area contributed by atoms with E-state index in [1.807, 2.05) is 0 Å². The molecule has 2 fully saturated rings. The van der Waals surface area contributed by atoms with Crippen LogP contribution in [0.5, 0.6) is 0 Å². The van der Waals surface area contributed by atoms with Crippen molar-refractivity contribution in [2.75, 3.05) is 5.32 Å². The first-order chi connectivity index (χ1) is 8.83. The molecule has 0 amide bonds. The minimum Gasteiger partial charge on any atom is -0.381 e. The van der Waals surface area contributed by atoms with E-state index in [0.29, 0.717) is 6.04 Å². The van der Waals surface area contributed by atoms with Crippen molar-refractivity contribution in [3.05, 3.63) is 24.3 Å². The monoisotopic (exact) mass is 261 g/mol. The third kappa shape index (κ3) is 3.03. The number of hydrogen-bond acceptors (Lipinski definition) is 2. The second-order valence-electron chi connectivity index (χ2n) is 5.79. The molecule has 1 unspecified atom stereocenters. The average Bonchev–Trinajstić information content (AvgIpc) is 3.11. The van der Waals surface area contributed by atoms with Gasteiger partial charge in [0.2, 0.25) is 0 Å². The largest absolute Gasteiger partial charge is 0.381 e. The van der Waals surface area contributed by atoms with Crippen molar-refractivity contribution in [1.29, 1.82) is 0 Å². The Morgan fingerprint density at radius 2 is 1.83 bits per heavy atom. The fourth-order valence-electron chi connectivity index (χ4n) is 2.83. The Morgan fingerprint density at radius 3 is 2.56 bits per heavy atom. The molecule has 0 aromatic heterocycles. The van der Waals surface area contributed by atoms with Crippen LogP contribution in [-0.4, -0.2) is 11.3 Å². The zero-order valence-electron chi connectivity index (χ0n) is 11.2. The summed E-state index contributed by atoms with van der Waals surface area (Å²) in [7, 11) is 0. The van der Waals surface area contributed by atoms with E-state index >= 15 is 0 Å². The van der Waals surface area contributed by atoms with Crippen LogP contribution in [0.1, 0.15) is 45.4 Å². The molecule has 98 valence electrons. The number of nitrogens with one attached hydrogen (secondary N) is 1. The number of anilines is 1. The molecule has 0 saturated heterocycles. The number of hydrogen-bond donors (Lipinski definition) is 1. The topological polar surface area (TPSA) is 12.0 Å². The molecule has 0 bridgehead atoms. The van der Waals surface area contributed by atoms with E-state index in [2.05, 4.69) is 48.3 Å². The van der Waals surface area contributed by atoms with Gasteiger partial charge in [-0.15, -0.1) is 11.8 Å². The van der Waals surface area contributed by atoms with Crippen LogP contribution in [0.15, 0.2) is 29.2 Å². The van der Waals surface area contributed by atoms with E-state index in [0.717, 1.165) is 11.2 Å². The predicted molar refractivity (Wildman–Crippen MR) is 80.4 cm³/mol. The second-order valence-corrected chi connectivity index (χ2v) is 7.13. The summed E-state index contributed by atoms with van der Waals surface area (Å²) in [5.74, 6) is 0.912. The molecule has 1 aromatic carbocycles. The van der Waals surface area contributed by atoms with Gasteiger partial charge in [-0.05, 0) is 50.7 Å². The van der Waals surface area contributed by atoms with Crippen molar-refractivity contribution < 1.29 is 0 Å².